The van der Waals surface area contributed by atoms with Crippen molar-refractivity contribution in [1.29, 1.82) is 0 Å². The van der Waals surface area contributed by atoms with Crippen molar-refractivity contribution in [2.45, 2.75) is 45.1 Å². The molecule has 0 atom stereocenters. The predicted molar refractivity (Wildman–Crippen MR) is 83.1 cm³/mol. The van der Waals surface area contributed by atoms with Crippen molar-refractivity contribution in [3.8, 4) is 0 Å². The first-order chi connectivity index (χ1) is 10.2. The molecule has 1 saturated carbocycles. The minimum absolute atomic E-state index is 0.213. The van der Waals surface area contributed by atoms with Gasteiger partial charge in [-0.05, 0) is 37.3 Å². The number of hydrogen-bond acceptors (Lipinski definition) is 4. The molecule has 0 bridgehead atoms. The number of hydrogen-bond donors (Lipinski definition) is 2. The monoisotopic (exact) mass is 284 g/mol. The lowest BCUT2D eigenvalue weighted by molar-refractivity contribution is 0.0946. The lowest BCUT2D eigenvalue weighted by Gasteiger charge is -2.11. The number of nitrogens with two attached hydrogens (primary N) is 1. The second-order valence-electron chi connectivity index (χ2n) is 5.62. The zero-order chi connectivity index (χ0) is 14.8. The van der Waals surface area contributed by atoms with Gasteiger partial charge in [0.1, 0.15) is 0 Å². The number of nitrogens with one attached hydrogen (secondary N) is 1. The number of fused-ring (bicyclic) bond motifs is 1. The molecule has 0 unspecified atom stereocenters. The number of anilines is 1. The van der Waals surface area contributed by atoms with Gasteiger partial charge in [-0.15, -0.1) is 10.2 Å². The summed E-state index contributed by atoms with van der Waals surface area (Å²) in [5.41, 5.74) is 8.82. The Balaban J connectivity index is 2.02. The third kappa shape index (κ3) is 2.82. The van der Waals surface area contributed by atoms with Crippen LogP contribution in [-0.2, 0) is 6.42 Å². The topological polar surface area (TPSA) is 80.9 Å². The Morgan fingerprint density at radius 2 is 2.19 bits per heavy atom. The van der Waals surface area contributed by atoms with Crippen LogP contribution in [0.2, 0.25) is 0 Å². The van der Waals surface area contributed by atoms with Crippen LogP contribution in [0.4, 0.5) is 5.69 Å². The largest absolute Gasteiger partial charge is 0.396 e. The molecular weight excluding hydrogens is 264 g/mol. The van der Waals surface area contributed by atoms with E-state index in [4.69, 9.17) is 5.73 Å². The van der Waals surface area contributed by atoms with Crippen molar-refractivity contribution in [3.63, 3.8) is 0 Å². The van der Waals surface area contributed by atoms with Gasteiger partial charge in [0.25, 0.3) is 5.91 Å². The fraction of sp³-hybridized carbons (Fsp3) is 0.438. The molecule has 3 rings (SSSR count). The van der Waals surface area contributed by atoms with Crippen LogP contribution in [0.1, 0.15) is 48.7 Å². The molecule has 1 fully saturated rings. The average molecular weight is 284 g/mol. The minimum atomic E-state index is -0.213. The number of benzene rings is 1. The van der Waals surface area contributed by atoms with E-state index in [0.29, 0.717) is 5.69 Å². The zero-order valence-electron chi connectivity index (χ0n) is 12.2. The first-order valence-electron chi connectivity index (χ1n) is 7.55. The molecule has 110 valence electrons. The lowest BCUT2D eigenvalue weighted by atomic mass is 10.0. The first-order valence-corrected chi connectivity index (χ1v) is 7.55. The van der Waals surface area contributed by atoms with Gasteiger partial charge in [-0.1, -0.05) is 25.5 Å². The molecule has 5 heteroatoms. The Morgan fingerprint density at radius 1 is 1.38 bits per heavy atom. The number of aryl methyl sites for hydroxylation is 1. The van der Waals surface area contributed by atoms with Crippen LogP contribution >= 0.6 is 0 Å². The molecule has 21 heavy (non-hydrogen) atoms. The number of carbonyl (C=O) groups excluding carboxylic acids is 1. The van der Waals surface area contributed by atoms with Gasteiger partial charge in [0.2, 0.25) is 0 Å². The van der Waals surface area contributed by atoms with Gasteiger partial charge in [0.05, 0.1) is 11.2 Å². The van der Waals surface area contributed by atoms with Gasteiger partial charge in [0, 0.05) is 11.4 Å². The molecule has 1 aliphatic carbocycles. The van der Waals surface area contributed by atoms with Crippen molar-refractivity contribution in [2.24, 2.45) is 0 Å². The Hall–Kier alpha value is -2.17. The summed E-state index contributed by atoms with van der Waals surface area (Å²) < 4.78 is 0. The van der Waals surface area contributed by atoms with Gasteiger partial charge in [-0.3, -0.25) is 4.79 Å². The van der Waals surface area contributed by atoms with E-state index in [-0.39, 0.29) is 17.6 Å². The highest BCUT2D eigenvalue weighted by Crippen LogP contribution is 2.27. The second-order valence-corrected chi connectivity index (χ2v) is 5.62. The van der Waals surface area contributed by atoms with E-state index in [1.54, 1.807) is 0 Å². The molecule has 1 aromatic heterocycles. The first kappa shape index (κ1) is 13.8. The van der Waals surface area contributed by atoms with Crippen LogP contribution in [0.15, 0.2) is 18.2 Å². The summed E-state index contributed by atoms with van der Waals surface area (Å²) in [6, 6.07) is 6.19. The summed E-state index contributed by atoms with van der Waals surface area (Å²) in [6.45, 7) is 2.16. The number of nitrogen functional groups attached to an aromatic ring is 1. The molecule has 1 aliphatic rings. The third-order valence-corrected chi connectivity index (χ3v) is 3.84. The van der Waals surface area contributed by atoms with Crippen molar-refractivity contribution in [3.05, 3.63) is 29.5 Å². The van der Waals surface area contributed by atoms with Crippen LogP contribution in [0.3, 0.4) is 0 Å². The molecule has 0 radical (unpaired) electrons. The second kappa shape index (κ2) is 5.68. The summed E-state index contributed by atoms with van der Waals surface area (Å²) in [6.07, 6.45) is 5.21. The van der Waals surface area contributed by atoms with E-state index in [2.05, 4.69) is 28.5 Å². The van der Waals surface area contributed by atoms with E-state index in [9.17, 15) is 4.79 Å². The van der Waals surface area contributed by atoms with E-state index in [0.717, 1.165) is 48.6 Å². The van der Waals surface area contributed by atoms with Gasteiger partial charge >= 0.3 is 0 Å². The number of unbranched alkanes of at least 4 members (excludes halogenated alkanes) is 1. The summed E-state index contributed by atoms with van der Waals surface area (Å²) in [7, 11) is 0. The number of rotatable bonds is 5. The highest BCUT2D eigenvalue weighted by atomic mass is 16.2. The van der Waals surface area contributed by atoms with Gasteiger partial charge < -0.3 is 11.1 Å². The van der Waals surface area contributed by atoms with Crippen molar-refractivity contribution in [2.75, 3.05) is 5.73 Å². The van der Waals surface area contributed by atoms with E-state index >= 15 is 0 Å². The molecule has 5 nitrogen and oxygen atoms in total. The average Bonchev–Trinajstić information content (AvgIpc) is 3.29. The summed E-state index contributed by atoms with van der Waals surface area (Å²) >= 11 is 0. The van der Waals surface area contributed by atoms with Gasteiger partial charge in [-0.25, -0.2) is 0 Å². The summed E-state index contributed by atoms with van der Waals surface area (Å²) in [4.78, 5) is 12.2. The molecule has 3 N–H and O–H groups in total. The van der Waals surface area contributed by atoms with Crippen molar-refractivity contribution in [1.82, 2.24) is 15.5 Å². The highest BCUT2D eigenvalue weighted by Gasteiger charge is 2.26. The van der Waals surface area contributed by atoms with Crippen molar-refractivity contribution < 1.29 is 4.79 Å². The normalized spacial score (nSPS) is 14.3. The Bertz CT molecular complexity index is 679. The maximum atomic E-state index is 12.2. The quantitative estimate of drug-likeness (QED) is 0.883. The number of aromatic nitrogens is 2. The SMILES string of the molecule is CCCCc1cccc2nnc(C(=O)NC3CC3)c(N)c12. The zero-order valence-corrected chi connectivity index (χ0v) is 12.2. The van der Waals surface area contributed by atoms with Crippen molar-refractivity contribution >= 4 is 22.5 Å². The number of nitrogens with zero attached hydrogens (tertiary/aromatic N) is 2. The Kier molecular flexibility index (Phi) is 3.73. The number of amides is 1. The van der Waals surface area contributed by atoms with E-state index in [1.807, 2.05) is 12.1 Å². The van der Waals surface area contributed by atoms with Gasteiger partial charge in [-0.2, -0.15) is 0 Å². The van der Waals surface area contributed by atoms with E-state index in [1.165, 1.54) is 0 Å². The molecule has 1 amide bonds. The van der Waals surface area contributed by atoms with Crippen LogP contribution < -0.4 is 11.1 Å². The molecule has 2 aromatic rings. The fourth-order valence-corrected chi connectivity index (χ4v) is 2.48. The molecule has 0 aliphatic heterocycles. The van der Waals surface area contributed by atoms with Crippen LogP contribution in [0.5, 0.6) is 0 Å². The summed E-state index contributed by atoms with van der Waals surface area (Å²) in [5, 5.41) is 12.0. The van der Waals surface area contributed by atoms with Crippen LogP contribution in [-0.4, -0.2) is 22.1 Å². The standard InChI is InChI=1S/C16H20N4O/c1-2-3-5-10-6-4-7-12-13(10)14(17)15(20-19-12)16(21)18-11-8-9-11/h4,6-7,11H,2-3,5,8-9H2,1H3,(H2,17,19)(H,18,21). The molecular formula is C16H20N4O. The van der Waals surface area contributed by atoms with Gasteiger partial charge in [0.15, 0.2) is 5.69 Å². The Labute approximate surface area is 123 Å². The molecule has 0 spiro atoms. The van der Waals surface area contributed by atoms with Crippen LogP contribution in [0, 0.1) is 0 Å². The molecule has 1 heterocycles. The van der Waals surface area contributed by atoms with E-state index < -0.39 is 0 Å². The maximum absolute atomic E-state index is 12.2. The highest BCUT2D eigenvalue weighted by molar-refractivity contribution is 6.05. The molecule has 1 aromatic carbocycles. The minimum Gasteiger partial charge on any atom is -0.396 e. The fourth-order valence-electron chi connectivity index (χ4n) is 2.48. The smallest absolute Gasteiger partial charge is 0.274 e. The predicted octanol–water partition coefficient (Wildman–Crippen LogP) is 2.45. The summed E-state index contributed by atoms with van der Waals surface area (Å²) in [5.74, 6) is -0.213. The Morgan fingerprint density at radius 3 is 2.90 bits per heavy atom. The molecule has 0 saturated heterocycles. The maximum Gasteiger partial charge on any atom is 0.274 e. The van der Waals surface area contributed by atoms with Crippen LogP contribution in [0.25, 0.3) is 10.9 Å². The lowest BCUT2D eigenvalue weighted by Crippen LogP contribution is -2.27. The number of carbonyl (C=O) groups is 1. The third-order valence-electron chi connectivity index (χ3n) is 3.84.